The number of hydrazone groups is 1. The summed E-state index contributed by atoms with van der Waals surface area (Å²) in [6.45, 7) is 2.13. The number of halogens is 1. The molecule has 0 saturated carbocycles. The van der Waals surface area contributed by atoms with E-state index in [4.69, 9.17) is 31.9 Å². The van der Waals surface area contributed by atoms with E-state index in [1.165, 1.54) is 0 Å². The van der Waals surface area contributed by atoms with Crippen molar-refractivity contribution in [3.63, 3.8) is 0 Å². The fourth-order valence-electron chi connectivity index (χ4n) is 3.42. The maximum atomic E-state index is 6.32. The van der Waals surface area contributed by atoms with Gasteiger partial charge in [-0.2, -0.15) is 5.10 Å². The van der Waals surface area contributed by atoms with E-state index < -0.39 is 0 Å². The van der Waals surface area contributed by atoms with Crippen LogP contribution in [-0.2, 0) is 6.42 Å². The maximum absolute atomic E-state index is 6.32. The Hall–Kier alpha value is -2.77. The van der Waals surface area contributed by atoms with Crippen molar-refractivity contribution < 1.29 is 9.47 Å². The highest BCUT2D eigenvalue weighted by Gasteiger charge is 2.27. The molecule has 2 N–H and O–H groups in total. The molecule has 2 heterocycles. The topological polar surface area (TPSA) is 73.0 Å². The summed E-state index contributed by atoms with van der Waals surface area (Å²) in [5.41, 5.74) is 10.2. The summed E-state index contributed by atoms with van der Waals surface area (Å²) in [6.07, 6.45) is 2.55. The molecule has 0 amide bonds. The molecule has 6 nitrogen and oxygen atoms in total. The third-order valence-electron chi connectivity index (χ3n) is 4.89. The Labute approximate surface area is 178 Å². The van der Waals surface area contributed by atoms with Crippen LogP contribution in [0.1, 0.15) is 23.6 Å². The lowest BCUT2D eigenvalue weighted by Crippen LogP contribution is -2.29. The molecule has 1 aliphatic heterocycles. The summed E-state index contributed by atoms with van der Waals surface area (Å²) >= 11 is 7.87. The van der Waals surface area contributed by atoms with Crippen LogP contribution in [0.25, 0.3) is 0 Å². The van der Waals surface area contributed by atoms with Gasteiger partial charge in [-0.1, -0.05) is 17.7 Å². The number of hydrogen-bond donors (Lipinski definition) is 1. The zero-order valence-electron chi connectivity index (χ0n) is 16.3. The fraction of sp³-hybridized carbons (Fsp3) is 0.238. The zero-order valence-corrected chi connectivity index (χ0v) is 17.9. The fourth-order valence-corrected chi connectivity index (χ4v) is 4.30. The SMILES string of the molecule is COc1cc2c(cc1OC)C(c1ccc(N)c(Cl)c1)=NN(c1nccs1)[C@H](C)C2. The van der Waals surface area contributed by atoms with E-state index in [0.717, 1.165) is 34.0 Å². The minimum Gasteiger partial charge on any atom is -0.493 e. The van der Waals surface area contributed by atoms with Gasteiger partial charge in [0.05, 0.1) is 36.7 Å². The monoisotopic (exact) mass is 428 g/mol. The van der Waals surface area contributed by atoms with Crippen LogP contribution in [0.15, 0.2) is 47.0 Å². The van der Waals surface area contributed by atoms with Gasteiger partial charge in [-0.3, -0.25) is 0 Å². The number of ether oxygens (including phenoxy) is 2. The molecule has 4 rings (SSSR count). The molecule has 1 aliphatic rings. The number of aromatic nitrogens is 1. The van der Waals surface area contributed by atoms with Gasteiger partial charge in [0.1, 0.15) is 0 Å². The predicted molar refractivity (Wildman–Crippen MR) is 119 cm³/mol. The molecular weight excluding hydrogens is 408 g/mol. The van der Waals surface area contributed by atoms with E-state index in [1.807, 2.05) is 34.7 Å². The van der Waals surface area contributed by atoms with Crippen LogP contribution in [-0.4, -0.2) is 31.0 Å². The molecule has 0 aliphatic carbocycles. The Balaban J connectivity index is 1.96. The van der Waals surface area contributed by atoms with Gasteiger partial charge < -0.3 is 15.2 Å². The summed E-state index contributed by atoms with van der Waals surface area (Å²) in [6, 6.07) is 9.64. The molecule has 29 heavy (non-hydrogen) atoms. The second kappa shape index (κ2) is 7.93. The van der Waals surface area contributed by atoms with Gasteiger partial charge in [-0.05, 0) is 43.2 Å². The Bertz CT molecular complexity index is 1070. The predicted octanol–water partition coefficient (Wildman–Crippen LogP) is 4.60. The van der Waals surface area contributed by atoms with Crippen LogP contribution in [0.5, 0.6) is 11.5 Å². The molecule has 1 atom stereocenters. The van der Waals surface area contributed by atoms with Crippen molar-refractivity contribution in [1.82, 2.24) is 4.98 Å². The number of anilines is 2. The molecule has 150 valence electrons. The average molecular weight is 429 g/mol. The van der Waals surface area contributed by atoms with E-state index >= 15 is 0 Å². The Morgan fingerprint density at radius 2 is 1.93 bits per heavy atom. The largest absolute Gasteiger partial charge is 0.493 e. The highest BCUT2D eigenvalue weighted by atomic mass is 35.5. The Morgan fingerprint density at radius 1 is 1.17 bits per heavy atom. The van der Waals surface area contributed by atoms with Gasteiger partial charge in [0.25, 0.3) is 0 Å². The van der Waals surface area contributed by atoms with Crippen molar-refractivity contribution in [3.05, 3.63) is 63.6 Å². The number of nitrogens with zero attached hydrogens (tertiary/aromatic N) is 3. The smallest absolute Gasteiger partial charge is 0.206 e. The van der Waals surface area contributed by atoms with Crippen LogP contribution in [0.3, 0.4) is 0 Å². The summed E-state index contributed by atoms with van der Waals surface area (Å²) in [4.78, 5) is 4.46. The van der Waals surface area contributed by atoms with Crippen LogP contribution in [0.2, 0.25) is 5.02 Å². The number of hydrogen-bond acceptors (Lipinski definition) is 7. The van der Waals surface area contributed by atoms with Crippen LogP contribution in [0, 0.1) is 0 Å². The highest BCUT2D eigenvalue weighted by Crippen LogP contribution is 2.36. The summed E-state index contributed by atoms with van der Waals surface area (Å²) in [5.74, 6) is 1.34. The van der Waals surface area contributed by atoms with Gasteiger partial charge in [0.2, 0.25) is 5.13 Å². The van der Waals surface area contributed by atoms with Crippen LogP contribution >= 0.6 is 22.9 Å². The standard InChI is InChI=1S/C21H21ClN4O2S/c1-12-8-14-10-18(27-2)19(28-3)11-15(14)20(13-4-5-17(23)16(22)9-13)25-26(12)21-24-6-7-29-21/h4-7,9-12H,8,23H2,1-3H3/t12-/m1/s1. The van der Waals surface area contributed by atoms with E-state index in [1.54, 1.807) is 37.8 Å². The van der Waals surface area contributed by atoms with Crippen molar-refractivity contribution in [2.75, 3.05) is 25.0 Å². The maximum Gasteiger partial charge on any atom is 0.206 e. The molecule has 8 heteroatoms. The van der Waals surface area contributed by atoms with Gasteiger partial charge >= 0.3 is 0 Å². The molecule has 3 aromatic rings. The number of thiazole rings is 1. The molecule has 0 saturated heterocycles. The van der Waals surface area contributed by atoms with Crippen molar-refractivity contribution >= 4 is 39.5 Å². The molecule has 0 fully saturated rings. The first-order valence-corrected chi connectivity index (χ1v) is 10.4. The lowest BCUT2D eigenvalue weighted by molar-refractivity contribution is 0.354. The lowest BCUT2D eigenvalue weighted by atomic mass is 9.94. The van der Waals surface area contributed by atoms with Crippen LogP contribution in [0.4, 0.5) is 10.8 Å². The molecule has 0 spiro atoms. The zero-order chi connectivity index (χ0) is 20.5. The third-order valence-corrected chi connectivity index (χ3v) is 5.98. The van der Waals surface area contributed by atoms with Gasteiger partial charge in [0, 0.05) is 22.7 Å². The van der Waals surface area contributed by atoms with Crippen molar-refractivity contribution in [3.8, 4) is 11.5 Å². The number of nitrogen functional groups attached to an aromatic ring is 1. The molecule has 0 bridgehead atoms. The molecular formula is C21H21ClN4O2S. The molecule has 0 unspecified atom stereocenters. The van der Waals surface area contributed by atoms with Crippen molar-refractivity contribution in [2.45, 2.75) is 19.4 Å². The highest BCUT2D eigenvalue weighted by molar-refractivity contribution is 7.13. The molecule has 1 aromatic heterocycles. The van der Waals surface area contributed by atoms with Crippen LogP contribution < -0.4 is 20.2 Å². The minimum atomic E-state index is 0.0970. The average Bonchev–Trinajstić information content (AvgIpc) is 3.20. The second-order valence-corrected chi connectivity index (χ2v) is 8.04. The lowest BCUT2D eigenvalue weighted by Gasteiger charge is -2.22. The normalized spacial score (nSPS) is 16.1. The third kappa shape index (κ3) is 3.63. The van der Waals surface area contributed by atoms with E-state index in [9.17, 15) is 0 Å². The Morgan fingerprint density at radius 3 is 2.59 bits per heavy atom. The summed E-state index contributed by atoms with van der Waals surface area (Å²) in [7, 11) is 3.27. The molecule has 0 radical (unpaired) electrons. The first kappa shape index (κ1) is 19.5. The van der Waals surface area contributed by atoms with E-state index in [0.29, 0.717) is 22.2 Å². The number of fused-ring (bicyclic) bond motifs is 1. The van der Waals surface area contributed by atoms with Gasteiger partial charge in [-0.25, -0.2) is 9.99 Å². The summed E-state index contributed by atoms with van der Waals surface area (Å²) < 4.78 is 11.1. The number of benzene rings is 2. The quantitative estimate of drug-likeness (QED) is 0.615. The van der Waals surface area contributed by atoms with Crippen molar-refractivity contribution in [1.29, 1.82) is 0 Å². The van der Waals surface area contributed by atoms with Gasteiger partial charge in [-0.15, -0.1) is 11.3 Å². The van der Waals surface area contributed by atoms with E-state index in [-0.39, 0.29) is 6.04 Å². The summed E-state index contributed by atoms with van der Waals surface area (Å²) in [5, 5.41) is 10.2. The Kier molecular flexibility index (Phi) is 5.34. The minimum absolute atomic E-state index is 0.0970. The number of methoxy groups -OCH3 is 2. The van der Waals surface area contributed by atoms with Gasteiger partial charge in [0.15, 0.2) is 11.5 Å². The van der Waals surface area contributed by atoms with E-state index in [2.05, 4.69) is 11.9 Å². The van der Waals surface area contributed by atoms with Crippen molar-refractivity contribution in [2.24, 2.45) is 5.10 Å². The first-order chi connectivity index (χ1) is 14.0. The number of rotatable bonds is 4. The second-order valence-electron chi connectivity index (χ2n) is 6.76. The number of nitrogens with two attached hydrogens (primary N) is 1. The molecule has 2 aromatic carbocycles. The first-order valence-electron chi connectivity index (χ1n) is 9.09.